The fourth-order valence-electron chi connectivity index (χ4n) is 3.91. The van der Waals surface area contributed by atoms with Crippen LogP contribution in [0.1, 0.15) is 37.1 Å². The molecule has 0 bridgehead atoms. The van der Waals surface area contributed by atoms with Crippen LogP contribution in [0.15, 0.2) is 30.6 Å². The van der Waals surface area contributed by atoms with Crippen LogP contribution in [0.2, 0.25) is 0 Å². The predicted octanol–water partition coefficient (Wildman–Crippen LogP) is 2.58. The summed E-state index contributed by atoms with van der Waals surface area (Å²) in [5.74, 6) is 0.0316. The second-order valence-electron chi connectivity index (χ2n) is 6.91. The van der Waals surface area contributed by atoms with E-state index in [0.717, 1.165) is 42.0 Å². The number of anilines is 1. The van der Waals surface area contributed by atoms with E-state index in [-0.39, 0.29) is 23.9 Å². The van der Waals surface area contributed by atoms with Crippen molar-refractivity contribution in [3.8, 4) is 5.69 Å². The van der Waals surface area contributed by atoms with Crippen molar-refractivity contribution in [2.45, 2.75) is 51.6 Å². The van der Waals surface area contributed by atoms with Gasteiger partial charge in [-0.05, 0) is 57.4 Å². The minimum Gasteiger partial charge on any atom is -0.328 e. The first kappa shape index (κ1) is 15.9. The van der Waals surface area contributed by atoms with Crippen molar-refractivity contribution >= 4 is 17.5 Å². The average Bonchev–Trinajstić information content (AvgIpc) is 3.27. The lowest BCUT2D eigenvalue weighted by Crippen LogP contribution is -2.42. The van der Waals surface area contributed by atoms with Crippen LogP contribution in [0.3, 0.4) is 0 Å². The SMILES string of the molecule is Cc1ncn(-c2ccc(NC(=O)C3CCC4CCC(=O)N43)cc2)c1C. The van der Waals surface area contributed by atoms with Gasteiger partial charge in [-0.3, -0.25) is 9.59 Å². The summed E-state index contributed by atoms with van der Waals surface area (Å²) in [6, 6.07) is 7.64. The van der Waals surface area contributed by atoms with Crippen LogP contribution < -0.4 is 5.32 Å². The summed E-state index contributed by atoms with van der Waals surface area (Å²) >= 11 is 0. The fourth-order valence-corrected chi connectivity index (χ4v) is 3.91. The van der Waals surface area contributed by atoms with Gasteiger partial charge in [-0.1, -0.05) is 0 Å². The van der Waals surface area contributed by atoms with E-state index in [0.29, 0.717) is 6.42 Å². The van der Waals surface area contributed by atoms with Crippen LogP contribution in [0.4, 0.5) is 5.69 Å². The van der Waals surface area contributed by atoms with Crippen LogP contribution >= 0.6 is 0 Å². The van der Waals surface area contributed by atoms with E-state index in [1.165, 1.54) is 0 Å². The maximum Gasteiger partial charge on any atom is 0.247 e. The van der Waals surface area contributed by atoms with Crippen LogP contribution in [0.5, 0.6) is 0 Å². The first-order chi connectivity index (χ1) is 12.0. The molecule has 2 aromatic rings. The number of carbonyl (C=O) groups excluding carboxylic acids is 2. The molecule has 25 heavy (non-hydrogen) atoms. The fraction of sp³-hybridized carbons (Fsp3) is 0.421. The Hall–Kier alpha value is -2.63. The summed E-state index contributed by atoms with van der Waals surface area (Å²) in [6.07, 6.45) is 4.96. The molecule has 2 aliphatic heterocycles. The van der Waals surface area contributed by atoms with E-state index in [1.54, 1.807) is 11.2 Å². The van der Waals surface area contributed by atoms with Gasteiger partial charge in [-0.2, -0.15) is 0 Å². The Bertz CT molecular complexity index is 824. The predicted molar refractivity (Wildman–Crippen MR) is 94.6 cm³/mol. The smallest absolute Gasteiger partial charge is 0.247 e. The first-order valence-corrected chi connectivity index (χ1v) is 8.77. The van der Waals surface area contributed by atoms with E-state index in [9.17, 15) is 9.59 Å². The number of hydrogen-bond donors (Lipinski definition) is 1. The van der Waals surface area contributed by atoms with Crippen LogP contribution in [0.25, 0.3) is 5.69 Å². The average molecular weight is 338 g/mol. The van der Waals surface area contributed by atoms with E-state index >= 15 is 0 Å². The van der Waals surface area contributed by atoms with Crippen LogP contribution in [0, 0.1) is 13.8 Å². The summed E-state index contributed by atoms with van der Waals surface area (Å²) in [5.41, 5.74) is 3.86. The van der Waals surface area contributed by atoms with E-state index in [4.69, 9.17) is 0 Å². The molecular weight excluding hydrogens is 316 g/mol. The maximum absolute atomic E-state index is 12.6. The Morgan fingerprint density at radius 1 is 1.16 bits per heavy atom. The second-order valence-corrected chi connectivity index (χ2v) is 6.91. The number of carbonyl (C=O) groups is 2. The molecule has 0 saturated carbocycles. The summed E-state index contributed by atoms with van der Waals surface area (Å²) in [5, 5.41) is 2.96. The third kappa shape index (κ3) is 2.71. The maximum atomic E-state index is 12.6. The minimum absolute atomic E-state index is 0.0832. The van der Waals surface area contributed by atoms with Crippen LogP contribution in [-0.2, 0) is 9.59 Å². The van der Waals surface area contributed by atoms with Gasteiger partial charge in [0, 0.05) is 29.5 Å². The lowest BCUT2D eigenvalue weighted by Gasteiger charge is -2.23. The number of rotatable bonds is 3. The molecule has 2 saturated heterocycles. The van der Waals surface area contributed by atoms with Gasteiger partial charge in [0.05, 0.1) is 12.0 Å². The molecule has 1 N–H and O–H groups in total. The van der Waals surface area contributed by atoms with Crippen molar-refractivity contribution in [1.82, 2.24) is 14.5 Å². The van der Waals surface area contributed by atoms with Gasteiger partial charge in [0.15, 0.2) is 0 Å². The van der Waals surface area contributed by atoms with Crippen molar-refractivity contribution in [2.24, 2.45) is 0 Å². The molecular formula is C19H22N4O2. The second kappa shape index (κ2) is 6.02. The zero-order valence-corrected chi connectivity index (χ0v) is 14.5. The Kier molecular flexibility index (Phi) is 3.82. The summed E-state index contributed by atoms with van der Waals surface area (Å²) < 4.78 is 2.02. The molecule has 2 fully saturated rings. The molecule has 2 aliphatic rings. The number of amides is 2. The van der Waals surface area contributed by atoms with Gasteiger partial charge in [-0.15, -0.1) is 0 Å². The summed E-state index contributed by atoms with van der Waals surface area (Å²) in [4.78, 5) is 30.7. The van der Waals surface area contributed by atoms with Crippen molar-refractivity contribution in [2.75, 3.05) is 5.32 Å². The Labute approximate surface area is 146 Å². The van der Waals surface area contributed by atoms with Gasteiger partial charge in [0.1, 0.15) is 6.04 Å². The number of benzene rings is 1. The van der Waals surface area contributed by atoms with E-state index in [1.807, 2.05) is 42.7 Å². The van der Waals surface area contributed by atoms with Gasteiger partial charge in [-0.25, -0.2) is 4.98 Å². The quantitative estimate of drug-likeness (QED) is 0.935. The topological polar surface area (TPSA) is 67.2 Å². The van der Waals surface area contributed by atoms with Crippen molar-refractivity contribution in [1.29, 1.82) is 0 Å². The molecule has 3 heterocycles. The zero-order valence-electron chi connectivity index (χ0n) is 14.5. The molecule has 2 atom stereocenters. The van der Waals surface area contributed by atoms with E-state index < -0.39 is 0 Å². The third-order valence-corrected chi connectivity index (χ3v) is 5.45. The molecule has 0 aliphatic carbocycles. The normalized spacial score (nSPS) is 22.3. The Morgan fingerprint density at radius 2 is 1.92 bits per heavy atom. The van der Waals surface area contributed by atoms with Crippen molar-refractivity contribution in [3.63, 3.8) is 0 Å². The highest BCUT2D eigenvalue weighted by Crippen LogP contribution is 2.33. The highest BCUT2D eigenvalue weighted by atomic mass is 16.2. The molecule has 4 rings (SSSR count). The Balaban J connectivity index is 1.47. The van der Waals surface area contributed by atoms with Gasteiger partial charge in [0.25, 0.3) is 0 Å². The van der Waals surface area contributed by atoms with Crippen molar-refractivity contribution in [3.05, 3.63) is 42.0 Å². The number of aromatic nitrogens is 2. The van der Waals surface area contributed by atoms with Crippen LogP contribution in [-0.4, -0.2) is 38.3 Å². The third-order valence-electron chi connectivity index (χ3n) is 5.45. The summed E-state index contributed by atoms with van der Waals surface area (Å²) in [6.45, 7) is 4.01. The molecule has 0 radical (unpaired) electrons. The standard InChI is InChI=1S/C19H22N4O2/c1-12-13(2)22(11-20-12)15-5-3-14(4-6-15)21-19(25)17-9-7-16-8-10-18(24)23(16)17/h3-6,11,16-17H,7-10H2,1-2H3,(H,21,25). The molecule has 2 unspecified atom stereocenters. The molecule has 130 valence electrons. The lowest BCUT2D eigenvalue weighted by atomic mass is 10.1. The zero-order chi connectivity index (χ0) is 17.6. The lowest BCUT2D eigenvalue weighted by molar-refractivity contribution is -0.134. The molecule has 0 spiro atoms. The number of nitrogens with one attached hydrogen (secondary N) is 1. The highest BCUT2D eigenvalue weighted by Gasteiger charge is 2.44. The van der Waals surface area contributed by atoms with E-state index in [2.05, 4.69) is 10.3 Å². The van der Waals surface area contributed by atoms with Gasteiger partial charge >= 0.3 is 0 Å². The first-order valence-electron chi connectivity index (χ1n) is 8.77. The highest BCUT2D eigenvalue weighted by molar-refractivity contribution is 5.98. The number of hydrogen-bond acceptors (Lipinski definition) is 3. The molecule has 1 aromatic heterocycles. The number of fused-ring (bicyclic) bond motifs is 1. The molecule has 2 amide bonds. The number of imidazole rings is 1. The van der Waals surface area contributed by atoms with Gasteiger partial charge < -0.3 is 14.8 Å². The number of aryl methyl sites for hydroxylation is 1. The minimum atomic E-state index is -0.321. The Morgan fingerprint density at radius 3 is 2.60 bits per heavy atom. The van der Waals surface area contributed by atoms with Crippen molar-refractivity contribution < 1.29 is 9.59 Å². The monoisotopic (exact) mass is 338 g/mol. The number of nitrogens with zero attached hydrogens (tertiary/aromatic N) is 3. The molecule has 6 nitrogen and oxygen atoms in total. The van der Waals surface area contributed by atoms with Gasteiger partial charge in [0.2, 0.25) is 11.8 Å². The summed E-state index contributed by atoms with van der Waals surface area (Å²) in [7, 11) is 0. The molecule has 6 heteroatoms. The molecule has 1 aromatic carbocycles. The largest absolute Gasteiger partial charge is 0.328 e.